The number of aromatic nitrogens is 2. The number of benzene rings is 1. The van der Waals surface area contributed by atoms with Gasteiger partial charge in [-0.25, -0.2) is 17.9 Å². The topological polar surface area (TPSA) is 17.8 Å². The standard InChI is InChI=1S/C13H10ClF3N2/c14-13-8-3-1-2-4-11(8)18-19(13)7-5-9(15)12(17)10(16)6-7/h5-6H,1-4H2. The van der Waals surface area contributed by atoms with Crippen molar-refractivity contribution in [2.24, 2.45) is 0 Å². The van der Waals surface area contributed by atoms with Gasteiger partial charge in [0.15, 0.2) is 17.5 Å². The molecule has 6 heteroatoms. The molecule has 1 aliphatic rings. The number of rotatable bonds is 1. The van der Waals surface area contributed by atoms with E-state index in [1.807, 2.05) is 0 Å². The Hall–Kier alpha value is -1.49. The van der Waals surface area contributed by atoms with Gasteiger partial charge in [-0.3, -0.25) is 0 Å². The molecule has 0 spiro atoms. The predicted octanol–water partition coefficient (Wildman–Crippen LogP) is 3.82. The second kappa shape index (κ2) is 4.56. The van der Waals surface area contributed by atoms with Crippen LogP contribution in [0.4, 0.5) is 13.2 Å². The highest BCUT2D eigenvalue weighted by Gasteiger charge is 2.21. The van der Waals surface area contributed by atoms with Gasteiger partial charge in [0.25, 0.3) is 0 Å². The van der Waals surface area contributed by atoms with Gasteiger partial charge in [0.2, 0.25) is 0 Å². The van der Waals surface area contributed by atoms with Crippen LogP contribution < -0.4 is 0 Å². The van der Waals surface area contributed by atoms with Crippen LogP contribution in [-0.2, 0) is 12.8 Å². The predicted molar refractivity (Wildman–Crippen MR) is 65.1 cm³/mol. The molecule has 0 N–H and O–H groups in total. The van der Waals surface area contributed by atoms with Gasteiger partial charge in [0.05, 0.1) is 11.4 Å². The molecule has 0 saturated carbocycles. The maximum atomic E-state index is 13.2. The van der Waals surface area contributed by atoms with E-state index in [1.165, 1.54) is 4.68 Å². The average Bonchev–Trinajstić information content (AvgIpc) is 2.73. The summed E-state index contributed by atoms with van der Waals surface area (Å²) in [6.45, 7) is 0. The molecule has 2 nitrogen and oxygen atoms in total. The number of fused-ring (bicyclic) bond motifs is 1. The molecular weight excluding hydrogens is 277 g/mol. The number of aryl methyl sites for hydroxylation is 1. The van der Waals surface area contributed by atoms with Crippen molar-refractivity contribution >= 4 is 11.6 Å². The van der Waals surface area contributed by atoms with Crippen molar-refractivity contribution in [1.82, 2.24) is 9.78 Å². The Balaban J connectivity index is 2.15. The first-order valence-corrected chi connectivity index (χ1v) is 6.37. The zero-order chi connectivity index (χ0) is 13.6. The van der Waals surface area contributed by atoms with Crippen LogP contribution in [0.1, 0.15) is 24.1 Å². The van der Waals surface area contributed by atoms with E-state index in [9.17, 15) is 13.2 Å². The molecule has 1 aromatic carbocycles. The van der Waals surface area contributed by atoms with Crippen molar-refractivity contribution in [3.63, 3.8) is 0 Å². The van der Waals surface area contributed by atoms with Crippen LogP contribution in [0, 0.1) is 17.5 Å². The Morgan fingerprint density at radius 3 is 2.32 bits per heavy atom. The zero-order valence-corrected chi connectivity index (χ0v) is 10.6. The molecule has 0 saturated heterocycles. The molecule has 1 heterocycles. The van der Waals surface area contributed by atoms with E-state index in [-0.39, 0.29) is 5.69 Å². The highest BCUT2D eigenvalue weighted by Crippen LogP contribution is 2.30. The Labute approximate surface area is 112 Å². The van der Waals surface area contributed by atoms with Crippen molar-refractivity contribution in [3.8, 4) is 5.69 Å². The normalized spacial score (nSPS) is 14.5. The summed E-state index contributed by atoms with van der Waals surface area (Å²) in [5.41, 5.74) is 1.86. The minimum Gasteiger partial charge on any atom is -0.221 e. The van der Waals surface area contributed by atoms with Gasteiger partial charge in [-0.15, -0.1) is 0 Å². The fourth-order valence-corrected chi connectivity index (χ4v) is 2.69. The molecule has 0 fully saturated rings. The third-order valence-electron chi connectivity index (χ3n) is 3.31. The van der Waals surface area contributed by atoms with E-state index in [0.29, 0.717) is 5.15 Å². The average molecular weight is 287 g/mol. The monoisotopic (exact) mass is 286 g/mol. The van der Waals surface area contributed by atoms with Crippen molar-refractivity contribution in [3.05, 3.63) is 46.0 Å². The fourth-order valence-electron chi connectivity index (χ4n) is 2.35. The molecule has 0 unspecified atom stereocenters. The summed E-state index contributed by atoms with van der Waals surface area (Å²) in [6.07, 6.45) is 3.64. The summed E-state index contributed by atoms with van der Waals surface area (Å²) in [5.74, 6) is -3.99. The molecule has 0 amide bonds. The second-order valence-corrected chi connectivity index (χ2v) is 4.92. The summed E-state index contributed by atoms with van der Waals surface area (Å²) in [5, 5.41) is 4.61. The summed E-state index contributed by atoms with van der Waals surface area (Å²) >= 11 is 6.18. The first-order valence-electron chi connectivity index (χ1n) is 5.99. The number of halogens is 4. The van der Waals surface area contributed by atoms with Gasteiger partial charge in [-0.05, 0) is 25.7 Å². The van der Waals surface area contributed by atoms with E-state index >= 15 is 0 Å². The van der Waals surface area contributed by atoms with Crippen LogP contribution in [0.3, 0.4) is 0 Å². The van der Waals surface area contributed by atoms with Crippen LogP contribution in [0.15, 0.2) is 12.1 Å². The highest BCUT2D eigenvalue weighted by molar-refractivity contribution is 6.30. The summed E-state index contributed by atoms with van der Waals surface area (Å²) < 4.78 is 40.7. The number of hydrogen-bond donors (Lipinski definition) is 0. The molecule has 0 aliphatic heterocycles. The van der Waals surface area contributed by atoms with Crippen LogP contribution in [0.2, 0.25) is 5.15 Å². The van der Waals surface area contributed by atoms with Gasteiger partial charge in [-0.2, -0.15) is 5.10 Å². The van der Waals surface area contributed by atoms with E-state index < -0.39 is 17.5 Å². The minimum atomic E-state index is -1.49. The lowest BCUT2D eigenvalue weighted by Crippen LogP contribution is -2.02. The smallest absolute Gasteiger partial charge is 0.194 e. The van der Waals surface area contributed by atoms with Gasteiger partial charge in [-0.1, -0.05) is 11.6 Å². The minimum absolute atomic E-state index is 0.0933. The maximum Gasteiger partial charge on any atom is 0.194 e. The Morgan fingerprint density at radius 2 is 1.68 bits per heavy atom. The van der Waals surface area contributed by atoms with Gasteiger partial charge < -0.3 is 0 Å². The Bertz CT molecular complexity index is 629. The lowest BCUT2D eigenvalue weighted by atomic mass is 9.99. The van der Waals surface area contributed by atoms with Gasteiger partial charge >= 0.3 is 0 Å². The molecule has 1 aliphatic carbocycles. The van der Waals surface area contributed by atoms with Crippen LogP contribution >= 0.6 is 11.6 Å². The van der Waals surface area contributed by atoms with Crippen molar-refractivity contribution in [2.45, 2.75) is 25.7 Å². The van der Waals surface area contributed by atoms with E-state index in [0.717, 1.165) is 49.1 Å². The Kier molecular flexibility index (Phi) is 3.01. The molecule has 1 aromatic heterocycles. The largest absolute Gasteiger partial charge is 0.221 e. The molecule has 100 valence electrons. The zero-order valence-electron chi connectivity index (χ0n) is 9.89. The van der Waals surface area contributed by atoms with Crippen molar-refractivity contribution < 1.29 is 13.2 Å². The van der Waals surface area contributed by atoms with E-state index in [1.54, 1.807) is 0 Å². The SMILES string of the molecule is Fc1cc(-n2nc3c(c2Cl)CCCC3)cc(F)c1F. The molecule has 0 atom stereocenters. The lowest BCUT2D eigenvalue weighted by molar-refractivity contribution is 0.446. The summed E-state index contributed by atoms with van der Waals surface area (Å²) in [7, 11) is 0. The number of nitrogens with zero attached hydrogens (tertiary/aromatic N) is 2. The third-order valence-corrected chi connectivity index (χ3v) is 3.70. The first kappa shape index (κ1) is 12.5. The first-order chi connectivity index (χ1) is 9.08. The maximum absolute atomic E-state index is 13.2. The van der Waals surface area contributed by atoms with Crippen molar-refractivity contribution in [2.75, 3.05) is 0 Å². The summed E-state index contributed by atoms with van der Waals surface area (Å²) in [4.78, 5) is 0. The molecule has 3 rings (SSSR count). The van der Waals surface area contributed by atoms with Crippen LogP contribution in [-0.4, -0.2) is 9.78 Å². The number of hydrogen-bond acceptors (Lipinski definition) is 1. The fraction of sp³-hybridized carbons (Fsp3) is 0.308. The van der Waals surface area contributed by atoms with E-state index in [2.05, 4.69) is 5.10 Å². The highest BCUT2D eigenvalue weighted by atomic mass is 35.5. The molecule has 0 radical (unpaired) electrons. The third kappa shape index (κ3) is 2.02. The molecule has 19 heavy (non-hydrogen) atoms. The van der Waals surface area contributed by atoms with Crippen LogP contribution in [0.25, 0.3) is 5.69 Å². The van der Waals surface area contributed by atoms with Gasteiger partial charge in [0.1, 0.15) is 5.15 Å². The van der Waals surface area contributed by atoms with Crippen LogP contribution in [0.5, 0.6) is 0 Å². The summed E-state index contributed by atoms with van der Waals surface area (Å²) in [6, 6.07) is 1.78. The molecular formula is C13H10ClF3N2. The van der Waals surface area contributed by atoms with Gasteiger partial charge in [0, 0.05) is 17.7 Å². The quantitative estimate of drug-likeness (QED) is 0.729. The van der Waals surface area contributed by atoms with Crippen molar-refractivity contribution in [1.29, 1.82) is 0 Å². The molecule has 0 bridgehead atoms. The van der Waals surface area contributed by atoms with E-state index in [4.69, 9.17) is 11.6 Å². The Morgan fingerprint density at radius 1 is 1.05 bits per heavy atom. The lowest BCUT2D eigenvalue weighted by Gasteiger charge is -2.08. The second-order valence-electron chi connectivity index (χ2n) is 4.56. The molecule has 2 aromatic rings.